The Balaban J connectivity index is 2.70. The lowest BCUT2D eigenvalue weighted by Gasteiger charge is -2.32. The number of rotatable bonds is 5. The van der Waals surface area contributed by atoms with E-state index in [9.17, 15) is 4.79 Å². The van der Waals surface area contributed by atoms with Gasteiger partial charge in [-0.3, -0.25) is 4.90 Å². The van der Waals surface area contributed by atoms with E-state index in [0.717, 1.165) is 0 Å². The Morgan fingerprint density at radius 2 is 2.25 bits per heavy atom. The molecule has 16 heavy (non-hydrogen) atoms. The van der Waals surface area contributed by atoms with Crippen molar-refractivity contribution in [1.29, 1.82) is 0 Å². The second kappa shape index (κ2) is 4.63. The number of hydrogen-bond donors (Lipinski definition) is 2. The predicted molar refractivity (Wildman–Crippen MR) is 56.1 cm³/mol. The molecule has 0 amide bonds. The molecule has 90 valence electrons. The van der Waals surface area contributed by atoms with E-state index < -0.39 is 11.5 Å². The Morgan fingerprint density at radius 1 is 1.62 bits per heavy atom. The Labute approximate surface area is 93.5 Å². The zero-order chi connectivity index (χ0) is 12.3. The van der Waals surface area contributed by atoms with Gasteiger partial charge in [0.2, 0.25) is 0 Å². The minimum Gasteiger partial charge on any atom is -0.476 e. The van der Waals surface area contributed by atoms with E-state index >= 15 is 0 Å². The maximum Gasteiger partial charge on any atom is 0.358 e. The van der Waals surface area contributed by atoms with Crippen LogP contribution in [-0.2, 0) is 6.54 Å². The van der Waals surface area contributed by atoms with Gasteiger partial charge in [0.15, 0.2) is 11.5 Å². The molecule has 0 aliphatic heterocycles. The number of likely N-dealkylation sites (N-methyl/N-ethyl adjacent to an activating group) is 1. The quantitative estimate of drug-likeness (QED) is 0.766. The molecule has 2 N–H and O–H groups in total. The van der Waals surface area contributed by atoms with Gasteiger partial charge in [0.25, 0.3) is 0 Å². The summed E-state index contributed by atoms with van der Waals surface area (Å²) in [6, 6.07) is 1.38. The zero-order valence-electron chi connectivity index (χ0n) is 9.60. The molecule has 6 nitrogen and oxygen atoms in total. The molecule has 0 saturated heterocycles. The summed E-state index contributed by atoms with van der Waals surface area (Å²) in [6.07, 6.45) is 0. The van der Waals surface area contributed by atoms with Crippen LogP contribution in [0.25, 0.3) is 0 Å². The van der Waals surface area contributed by atoms with E-state index in [1.54, 1.807) is 0 Å². The van der Waals surface area contributed by atoms with Crippen LogP contribution in [0.5, 0.6) is 0 Å². The summed E-state index contributed by atoms with van der Waals surface area (Å²) >= 11 is 0. The van der Waals surface area contributed by atoms with Crippen molar-refractivity contribution in [2.45, 2.75) is 25.9 Å². The minimum atomic E-state index is -1.11. The van der Waals surface area contributed by atoms with Crippen molar-refractivity contribution < 1.29 is 19.5 Å². The summed E-state index contributed by atoms with van der Waals surface area (Å²) in [6.45, 7) is 4.15. The van der Waals surface area contributed by atoms with Crippen molar-refractivity contribution in [2.75, 3.05) is 13.7 Å². The fraction of sp³-hybridized carbons (Fsp3) is 0.600. The first-order valence-electron chi connectivity index (χ1n) is 4.88. The molecule has 0 spiro atoms. The lowest BCUT2D eigenvalue weighted by atomic mass is 10.1. The Morgan fingerprint density at radius 3 is 2.69 bits per heavy atom. The van der Waals surface area contributed by atoms with Crippen LogP contribution in [0.3, 0.4) is 0 Å². The van der Waals surface area contributed by atoms with Crippen molar-refractivity contribution in [2.24, 2.45) is 0 Å². The van der Waals surface area contributed by atoms with Crippen LogP contribution in [0.15, 0.2) is 10.6 Å². The van der Waals surface area contributed by atoms with Gasteiger partial charge in [-0.1, -0.05) is 5.16 Å². The Hall–Kier alpha value is -1.40. The lowest BCUT2D eigenvalue weighted by molar-refractivity contribution is 0.0660. The second-order valence-corrected chi connectivity index (χ2v) is 4.31. The van der Waals surface area contributed by atoms with Gasteiger partial charge in [-0.15, -0.1) is 0 Å². The number of nitrogens with zero attached hydrogens (tertiary/aromatic N) is 2. The van der Waals surface area contributed by atoms with Crippen LogP contribution < -0.4 is 0 Å². The number of aromatic carboxylic acids is 1. The van der Waals surface area contributed by atoms with Gasteiger partial charge in [-0.05, 0) is 20.9 Å². The summed E-state index contributed by atoms with van der Waals surface area (Å²) in [4.78, 5) is 12.4. The van der Waals surface area contributed by atoms with Crippen LogP contribution in [0.2, 0.25) is 0 Å². The van der Waals surface area contributed by atoms with Crippen LogP contribution in [0, 0.1) is 0 Å². The van der Waals surface area contributed by atoms with E-state index in [1.165, 1.54) is 6.07 Å². The Kier molecular flexibility index (Phi) is 3.66. The van der Waals surface area contributed by atoms with Gasteiger partial charge in [0.1, 0.15) is 0 Å². The summed E-state index contributed by atoms with van der Waals surface area (Å²) < 4.78 is 4.88. The van der Waals surface area contributed by atoms with E-state index in [1.807, 2.05) is 25.8 Å². The summed E-state index contributed by atoms with van der Waals surface area (Å²) in [5.74, 6) is -0.652. The van der Waals surface area contributed by atoms with Gasteiger partial charge < -0.3 is 14.7 Å². The maximum absolute atomic E-state index is 10.6. The fourth-order valence-corrected chi connectivity index (χ4v) is 1.06. The molecule has 0 radical (unpaired) electrons. The first-order chi connectivity index (χ1) is 7.36. The molecule has 0 atom stereocenters. The van der Waals surface area contributed by atoms with Gasteiger partial charge in [0.05, 0.1) is 13.2 Å². The van der Waals surface area contributed by atoms with Crippen molar-refractivity contribution in [1.82, 2.24) is 10.1 Å². The largest absolute Gasteiger partial charge is 0.476 e. The average Bonchev–Trinajstić information content (AvgIpc) is 2.66. The van der Waals surface area contributed by atoms with Gasteiger partial charge in [-0.25, -0.2) is 4.79 Å². The molecule has 1 heterocycles. The van der Waals surface area contributed by atoms with E-state index in [0.29, 0.717) is 12.3 Å². The molecular formula is C10H16N2O4. The van der Waals surface area contributed by atoms with Crippen molar-refractivity contribution in [3.05, 3.63) is 17.5 Å². The van der Waals surface area contributed by atoms with Gasteiger partial charge in [0, 0.05) is 11.6 Å². The molecular weight excluding hydrogens is 212 g/mol. The molecule has 6 heteroatoms. The monoisotopic (exact) mass is 228 g/mol. The molecule has 0 unspecified atom stereocenters. The number of hydrogen-bond acceptors (Lipinski definition) is 5. The molecule has 0 saturated carbocycles. The van der Waals surface area contributed by atoms with E-state index in [2.05, 4.69) is 5.16 Å². The average molecular weight is 228 g/mol. The number of aliphatic hydroxyl groups excluding tert-OH is 1. The molecule has 0 fully saturated rings. The fourth-order valence-electron chi connectivity index (χ4n) is 1.06. The third-order valence-corrected chi connectivity index (χ3v) is 2.59. The molecule has 0 aliphatic carbocycles. The highest BCUT2D eigenvalue weighted by molar-refractivity contribution is 5.85. The van der Waals surface area contributed by atoms with Crippen molar-refractivity contribution >= 4 is 5.97 Å². The molecule has 0 aromatic carbocycles. The maximum atomic E-state index is 10.6. The number of aromatic nitrogens is 1. The lowest BCUT2D eigenvalue weighted by Crippen LogP contribution is -2.43. The van der Waals surface area contributed by atoms with Crippen LogP contribution in [0.1, 0.15) is 30.1 Å². The highest BCUT2D eigenvalue weighted by Crippen LogP contribution is 2.15. The van der Waals surface area contributed by atoms with Gasteiger partial charge >= 0.3 is 5.97 Å². The highest BCUT2D eigenvalue weighted by Gasteiger charge is 2.24. The summed E-state index contributed by atoms with van der Waals surface area (Å²) in [7, 11) is 1.82. The van der Waals surface area contributed by atoms with Crippen molar-refractivity contribution in [3.63, 3.8) is 0 Å². The summed E-state index contributed by atoms with van der Waals surface area (Å²) in [5.41, 5.74) is -0.499. The molecule has 1 aromatic heterocycles. The zero-order valence-corrected chi connectivity index (χ0v) is 9.60. The third kappa shape index (κ3) is 2.80. The van der Waals surface area contributed by atoms with Crippen LogP contribution in [-0.4, -0.2) is 45.4 Å². The number of aliphatic hydroxyl groups is 1. The highest BCUT2D eigenvalue weighted by atomic mass is 16.5. The van der Waals surface area contributed by atoms with E-state index in [4.69, 9.17) is 14.7 Å². The van der Waals surface area contributed by atoms with Crippen molar-refractivity contribution in [3.8, 4) is 0 Å². The standard InChI is InChI=1S/C10H16N2O4/c1-10(2,6-13)12(3)5-7-4-8(9(14)15)11-16-7/h4,13H,5-6H2,1-3H3,(H,14,15). The smallest absolute Gasteiger partial charge is 0.358 e. The normalized spacial score (nSPS) is 12.1. The van der Waals surface area contributed by atoms with Crippen LogP contribution >= 0.6 is 0 Å². The first kappa shape index (κ1) is 12.7. The number of carboxylic acid groups (broad SMARTS) is 1. The number of carbonyl (C=O) groups is 1. The molecule has 1 rings (SSSR count). The predicted octanol–water partition coefficient (Wildman–Crippen LogP) is 0.575. The minimum absolute atomic E-state index is 0.00340. The molecule has 0 bridgehead atoms. The number of carboxylic acids is 1. The topological polar surface area (TPSA) is 86.8 Å². The SMILES string of the molecule is CN(Cc1cc(C(=O)O)no1)C(C)(C)CO. The molecule has 0 aliphatic rings. The van der Waals surface area contributed by atoms with Crippen LogP contribution in [0.4, 0.5) is 0 Å². The summed E-state index contributed by atoms with van der Waals surface area (Å²) in [5, 5.41) is 21.2. The third-order valence-electron chi connectivity index (χ3n) is 2.59. The van der Waals surface area contributed by atoms with E-state index in [-0.39, 0.29) is 12.3 Å². The first-order valence-corrected chi connectivity index (χ1v) is 4.88. The second-order valence-electron chi connectivity index (χ2n) is 4.31. The van der Waals surface area contributed by atoms with Gasteiger partial charge in [-0.2, -0.15) is 0 Å². The Bertz CT molecular complexity index is 373. The molecule has 1 aromatic rings.